The Hall–Kier alpha value is -6.50. The van der Waals surface area contributed by atoms with Crippen molar-refractivity contribution in [1.29, 1.82) is 0 Å². The number of hydrogen-bond donors (Lipinski definition) is 0. The van der Waals surface area contributed by atoms with Gasteiger partial charge in [-0.1, -0.05) is 182 Å². The Morgan fingerprint density at radius 2 is 0.720 bits per heavy atom. The highest BCUT2D eigenvalue weighted by Crippen LogP contribution is 2.49. The normalized spacial score (nSPS) is 11.6. The Kier molecular flexibility index (Phi) is 6.60. The quantitative estimate of drug-likeness (QED) is 0.134. The molecule has 0 heterocycles. The first-order valence-corrected chi connectivity index (χ1v) is 17.4. The van der Waals surface area contributed by atoms with Gasteiger partial charge in [0, 0.05) is 0 Å². The highest BCUT2D eigenvalue weighted by molar-refractivity contribution is 6.25. The molecule has 0 bridgehead atoms. The lowest BCUT2D eigenvalue weighted by Gasteiger charge is -2.22. The molecule has 0 aromatic heterocycles. The first-order chi connectivity index (χ1) is 24.8. The molecule has 10 rings (SSSR count). The molecule has 0 N–H and O–H groups in total. The lowest BCUT2D eigenvalue weighted by Crippen LogP contribution is -1.94. The maximum absolute atomic E-state index is 2.43. The molecule has 0 radical (unpaired) electrons. The van der Waals surface area contributed by atoms with Gasteiger partial charge in [-0.15, -0.1) is 0 Å². The Labute approximate surface area is 291 Å². The monoisotopic (exact) mass is 632 g/mol. The third-order valence-corrected chi connectivity index (χ3v) is 10.4. The van der Waals surface area contributed by atoms with Gasteiger partial charge in [-0.25, -0.2) is 0 Å². The minimum Gasteiger partial charge on any atom is -0.0622 e. The summed E-state index contributed by atoms with van der Waals surface area (Å²) in [4.78, 5) is 0. The summed E-state index contributed by atoms with van der Waals surface area (Å²) >= 11 is 0. The van der Waals surface area contributed by atoms with Crippen LogP contribution in [0, 0.1) is 0 Å². The average Bonchev–Trinajstić information content (AvgIpc) is 3.19. The summed E-state index contributed by atoms with van der Waals surface area (Å²) in [6.07, 6.45) is 0. The van der Waals surface area contributed by atoms with Gasteiger partial charge in [0.15, 0.2) is 0 Å². The molecule has 0 saturated carbocycles. The zero-order valence-corrected chi connectivity index (χ0v) is 27.5. The van der Waals surface area contributed by atoms with E-state index in [-0.39, 0.29) is 0 Å². The average molecular weight is 633 g/mol. The van der Waals surface area contributed by atoms with E-state index in [1.165, 1.54) is 98.4 Å². The Balaban J connectivity index is 1.37. The Morgan fingerprint density at radius 1 is 0.200 bits per heavy atom. The van der Waals surface area contributed by atoms with Gasteiger partial charge in [-0.2, -0.15) is 0 Å². The summed E-state index contributed by atoms with van der Waals surface area (Å²) in [6.45, 7) is 0. The van der Waals surface area contributed by atoms with Crippen molar-refractivity contribution < 1.29 is 0 Å². The van der Waals surface area contributed by atoms with E-state index in [0.29, 0.717) is 0 Å². The molecule has 10 aromatic carbocycles. The molecule has 0 saturated heterocycles. The largest absolute Gasteiger partial charge is 0.0622 e. The van der Waals surface area contributed by atoms with E-state index in [1.807, 2.05) is 0 Å². The van der Waals surface area contributed by atoms with E-state index in [0.717, 1.165) is 0 Å². The first-order valence-electron chi connectivity index (χ1n) is 17.4. The van der Waals surface area contributed by atoms with Crippen molar-refractivity contribution in [3.8, 4) is 44.5 Å². The van der Waals surface area contributed by atoms with Crippen LogP contribution in [-0.2, 0) is 0 Å². The van der Waals surface area contributed by atoms with Crippen molar-refractivity contribution in [3.05, 3.63) is 194 Å². The summed E-state index contributed by atoms with van der Waals surface area (Å²) in [6, 6.07) is 71.4. The van der Waals surface area contributed by atoms with Gasteiger partial charge in [0.05, 0.1) is 0 Å². The molecule has 0 unspecified atom stereocenters. The zero-order chi connectivity index (χ0) is 33.0. The van der Waals surface area contributed by atoms with Crippen LogP contribution in [0.4, 0.5) is 0 Å². The molecule has 0 aliphatic carbocycles. The van der Waals surface area contributed by atoms with E-state index in [9.17, 15) is 0 Å². The van der Waals surface area contributed by atoms with Crippen molar-refractivity contribution in [3.63, 3.8) is 0 Å². The number of rotatable bonds is 4. The fourth-order valence-corrected chi connectivity index (χ4v) is 8.23. The van der Waals surface area contributed by atoms with Crippen molar-refractivity contribution in [2.75, 3.05) is 0 Å². The van der Waals surface area contributed by atoms with Crippen molar-refractivity contribution in [2.45, 2.75) is 0 Å². The Morgan fingerprint density at radius 3 is 1.50 bits per heavy atom. The maximum Gasteiger partial charge on any atom is -0.00199 e. The summed E-state index contributed by atoms with van der Waals surface area (Å²) in [5.41, 5.74) is 9.98. The van der Waals surface area contributed by atoms with Crippen LogP contribution < -0.4 is 0 Å². The van der Waals surface area contributed by atoms with Crippen LogP contribution in [0.2, 0.25) is 0 Å². The lowest BCUT2D eigenvalue weighted by molar-refractivity contribution is 1.62. The molecule has 0 spiro atoms. The van der Waals surface area contributed by atoms with Crippen LogP contribution in [-0.4, -0.2) is 0 Å². The zero-order valence-electron chi connectivity index (χ0n) is 27.5. The van der Waals surface area contributed by atoms with Crippen LogP contribution in [0.25, 0.3) is 98.4 Å². The number of fused-ring (bicyclic) bond motifs is 6. The molecule has 0 fully saturated rings. The molecule has 0 heteroatoms. The molecule has 0 aliphatic heterocycles. The van der Waals surface area contributed by atoms with E-state index in [2.05, 4.69) is 194 Å². The molecule has 50 heavy (non-hydrogen) atoms. The number of hydrogen-bond acceptors (Lipinski definition) is 0. The molecule has 0 nitrogen and oxygen atoms in total. The molecule has 0 amide bonds. The second-order valence-corrected chi connectivity index (χ2v) is 13.2. The molecular weight excluding hydrogens is 601 g/mol. The van der Waals surface area contributed by atoms with Gasteiger partial charge in [0.1, 0.15) is 0 Å². The second kappa shape index (κ2) is 11.6. The van der Waals surface area contributed by atoms with Gasteiger partial charge in [0.25, 0.3) is 0 Å². The molecular formula is C50H32. The SMILES string of the molecule is c1ccc(-c2ccc3c(-c4cccc5ccccc45)c4ccccc4c(-c4ccccc4-c4cc5ccccc5c5ccccc45)c3c2)cc1. The van der Waals surface area contributed by atoms with E-state index in [1.54, 1.807) is 0 Å². The minimum atomic E-state index is 1.21. The lowest BCUT2D eigenvalue weighted by atomic mass is 9.81. The van der Waals surface area contributed by atoms with E-state index < -0.39 is 0 Å². The van der Waals surface area contributed by atoms with Crippen molar-refractivity contribution in [1.82, 2.24) is 0 Å². The fraction of sp³-hybridized carbons (Fsp3) is 0. The van der Waals surface area contributed by atoms with Crippen LogP contribution in [0.3, 0.4) is 0 Å². The minimum absolute atomic E-state index is 1.21. The second-order valence-electron chi connectivity index (χ2n) is 13.2. The van der Waals surface area contributed by atoms with Crippen molar-refractivity contribution >= 4 is 53.9 Å². The summed E-state index contributed by atoms with van der Waals surface area (Å²) in [5.74, 6) is 0. The van der Waals surface area contributed by atoms with Crippen LogP contribution in [0.15, 0.2) is 194 Å². The predicted molar refractivity (Wildman–Crippen MR) is 216 cm³/mol. The van der Waals surface area contributed by atoms with E-state index >= 15 is 0 Å². The number of benzene rings is 10. The molecule has 10 aromatic rings. The predicted octanol–water partition coefficient (Wildman–Crippen LogP) is 14.1. The smallest absolute Gasteiger partial charge is 0.00199 e. The van der Waals surface area contributed by atoms with Gasteiger partial charge in [-0.3, -0.25) is 0 Å². The van der Waals surface area contributed by atoms with Gasteiger partial charge in [0.2, 0.25) is 0 Å². The standard InChI is InChI=1S/C50H32/c1-2-15-33(16-3-1)35-29-30-46-48(31-35)50(45-27-13-12-26-44(45)49(46)42-28-14-19-34-17-4-6-20-37(34)42)43-25-11-10-24-41(43)47-32-36-18-5-7-21-38(36)39-22-8-9-23-40(39)47/h1-32H. The summed E-state index contributed by atoms with van der Waals surface area (Å²) in [7, 11) is 0. The van der Waals surface area contributed by atoms with Gasteiger partial charge < -0.3 is 0 Å². The van der Waals surface area contributed by atoms with Crippen molar-refractivity contribution in [2.24, 2.45) is 0 Å². The Bertz CT molecular complexity index is 2910. The summed E-state index contributed by atoms with van der Waals surface area (Å²) in [5, 5.41) is 12.6. The van der Waals surface area contributed by atoms with Gasteiger partial charge in [-0.05, 0) is 111 Å². The third kappa shape index (κ3) is 4.46. The molecule has 0 aliphatic rings. The molecule has 232 valence electrons. The van der Waals surface area contributed by atoms with Crippen LogP contribution >= 0.6 is 0 Å². The summed E-state index contributed by atoms with van der Waals surface area (Å²) < 4.78 is 0. The van der Waals surface area contributed by atoms with Crippen LogP contribution in [0.1, 0.15) is 0 Å². The van der Waals surface area contributed by atoms with E-state index in [4.69, 9.17) is 0 Å². The maximum atomic E-state index is 2.43. The molecule has 0 atom stereocenters. The fourth-order valence-electron chi connectivity index (χ4n) is 8.23. The van der Waals surface area contributed by atoms with Gasteiger partial charge >= 0.3 is 0 Å². The topological polar surface area (TPSA) is 0 Å². The van der Waals surface area contributed by atoms with Crippen LogP contribution in [0.5, 0.6) is 0 Å². The highest BCUT2D eigenvalue weighted by Gasteiger charge is 2.21. The highest BCUT2D eigenvalue weighted by atomic mass is 14.2. The third-order valence-electron chi connectivity index (χ3n) is 10.4. The first kappa shape index (κ1) is 28.5.